The molecule has 0 aliphatic carbocycles. The van der Waals surface area contributed by atoms with Crippen molar-refractivity contribution >= 4 is 23.1 Å². The molecule has 0 saturated carbocycles. The number of aryl methyl sites for hydroxylation is 1. The molecule has 1 N–H and O–H groups in total. The van der Waals surface area contributed by atoms with Gasteiger partial charge in [0.05, 0.1) is 0 Å². The van der Waals surface area contributed by atoms with E-state index in [2.05, 4.69) is 55.7 Å². The van der Waals surface area contributed by atoms with E-state index >= 15 is 0 Å². The van der Waals surface area contributed by atoms with Crippen molar-refractivity contribution in [3.63, 3.8) is 0 Å². The molecule has 1 aromatic rings. The number of nitrogens with zero attached hydrogens (tertiary/aromatic N) is 1. The summed E-state index contributed by atoms with van der Waals surface area (Å²) in [5, 5.41) is 4.26. The summed E-state index contributed by atoms with van der Waals surface area (Å²) in [6.45, 7) is 13.7. The Bertz CT molecular complexity index is 417. The lowest BCUT2D eigenvalue weighted by molar-refractivity contribution is 0.204. The molecule has 114 valence electrons. The molecule has 0 spiro atoms. The smallest absolute Gasteiger partial charge is 0.0299 e. The fraction of sp³-hybridized carbons (Fsp3) is 0.750. The molecule has 0 bridgehead atoms. The molecular formula is C16H28N2S2. The summed E-state index contributed by atoms with van der Waals surface area (Å²) < 4.78 is 0. The van der Waals surface area contributed by atoms with Gasteiger partial charge in [0, 0.05) is 46.4 Å². The van der Waals surface area contributed by atoms with Crippen LogP contribution in [0.25, 0.3) is 0 Å². The summed E-state index contributed by atoms with van der Waals surface area (Å²) in [5.74, 6) is 1.28. The van der Waals surface area contributed by atoms with E-state index in [-0.39, 0.29) is 0 Å². The lowest BCUT2D eigenvalue weighted by atomic mass is 10.1. The number of nitrogens with one attached hydrogen (secondary N) is 1. The fourth-order valence-corrected chi connectivity index (χ4v) is 4.84. The number of hydrogen-bond donors (Lipinski definition) is 1. The van der Waals surface area contributed by atoms with E-state index in [1.807, 2.05) is 11.3 Å². The average Bonchev–Trinajstić information content (AvgIpc) is 2.76. The quantitative estimate of drug-likeness (QED) is 0.803. The predicted octanol–water partition coefficient (Wildman–Crippen LogP) is 3.88. The van der Waals surface area contributed by atoms with Gasteiger partial charge in [0.15, 0.2) is 0 Å². The van der Waals surface area contributed by atoms with Gasteiger partial charge in [0.25, 0.3) is 0 Å². The maximum absolute atomic E-state index is 3.50. The highest BCUT2D eigenvalue weighted by Gasteiger charge is 2.25. The lowest BCUT2D eigenvalue weighted by Crippen LogP contribution is -2.43. The van der Waals surface area contributed by atoms with Gasteiger partial charge in [-0.3, -0.25) is 4.90 Å². The highest BCUT2D eigenvalue weighted by molar-refractivity contribution is 8.00. The fourth-order valence-electron chi connectivity index (χ4n) is 2.66. The van der Waals surface area contributed by atoms with Crippen molar-refractivity contribution in [3.05, 3.63) is 21.4 Å². The van der Waals surface area contributed by atoms with Crippen molar-refractivity contribution in [2.24, 2.45) is 0 Å². The minimum Gasteiger partial charge on any atom is -0.312 e. The van der Waals surface area contributed by atoms with Gasteiger partial charge in [0.1, 0.15) is 0 Å². The van der Waals surface area contributed by atoms with E-state index in [0.717, 1.165) is 24.9 Å². The Kier molecular flexibility index (Phi) is 6.40. The van der Waals surface area contributed by atoms with Crippen LogP contribution in [-0.2, 0) is 13.1 Å². The van der Waals surface area contributed by atoms with Crippen molar-refractivity contribution in [1.29, 1.82) is 0 Å². The molecule has 1 aliphatic rings. The van der Waals surface area contributed by atoms with E-state index in [1.54, 1.807) is 0 Å². The first-order valence-electron chi connectivity index (χ1n) is 7.76. The monoisotopic (exact) mass is 312 g/mol. The molecule has 0 radical (unpaired) electrons. The van der Waals surface area contributed by atoms with Crippen LogP contribution in [0.3, 0.4) is 0 Å². The first-order chi connectivity index (χ1) is 9.61. The Morgan fingerprint density at radius 1 is 1.40 bits per heavy atom. The normalized spacial score (nSPS) is 24.2. The molecule has 0 amide bonds. The minimum absolute atomic E-state index is 0.690. The van der Waals surface area contributed by atoms with Crippen molar-refractivity contribution in [2.75, 3.05) is 18.8 Å². The first-order valence-corrected chi connectivity index (χ1v) is 9.63. The maximum Gasteiger partial charge on any atom is 0.0299 e. The van der Waals surface area contributed by atoms with Crippen LogP contribution in [0.5, 0.6) is 0 Å². The van der Waals surface area contributed by atoms with Gasteiger partial charge in [-0.25, -0.2) is 0 Å². The molecule has 0 aromatic carbocycles. The van der Waals surface area contributed by atoms with E-state index in [0.29, 0.717) is 6.04 Å². The maximum atomic E-state index is 3.50. The zero-order chi connectivity index (χ0) is 14.5. The Hall–Kier alpha value is -0.0300. The van der Waals surface area contributed by atoms with Crippen LogP contribution in [0, 0.1) is 6.92 Å². The summed E-state index contributed by atoms with van der Waals surface area (Å²) in [7, 11) is 0. The third-order valence-electron chi connectivity index (χ3n) is 4.19. The molecule has 1 saturated heterocycles. The molecule has 2 unspecified atom stereocenters. The van der Waals surface area contributed by atoms with Crippen molar-refractivity contribution in [1.82, 2.24) is 10.2 Å². The molecule has 2 heterocycles. The summed E-state index contributed by atoms with van der Waals surface area (Å²) in [4.78, 5) is 5.63. The van der Waals surface area contributed by atoms with Crippen LogP contribution in [0.1, 0.15) is 42.5 Å². The van der Waals surface area contributed by atoms with Gasteiger partial charge in [-0.05, 0) is 38.4 Å². The number of thiophene rings is 1. The van der Waals surface area contributed by atoms with Crippen molar-refractivity contribution in [2.45, 2.75) is 58.5 Å². The van der Waals surface area contributed by atoms with E-state index in [4.69, 9.17) is 0 Å². The topological polar surface area (TPSA) is 15.3 Å². The zero-order valence-electron chi connectivity index (χ0n) is 13.2. The van der Waals surface area contributed by atoms with Gasteiger partial charge in [0.2, 0.25) is 0 Å². The van der Waals surface area contributed by atoms with Crippen molar-refractivity contribution < 1.29 is 0 Å². The summed E-state index contributed by atoms with van der Waals surface area (Å²) in [6.07, 6.45) is 1.21. The zero-order valence-corrected chi connectivity index (χ0v) is 14.9. The van der Waals surface area contributed by atoms with Crippen LogP contribution >= 0.6 is 23.1 Å². The number of hydrogen-bond acceptors (Lipinski definition) is 4. The van der Waals surface area contributed by atoms with E-state index in [1.165, 1.54) is 34.0 Å². The molecule has 2 rings (SSSR count). The molecule has 1 aliphatic heterocycles. The van der Waals surface area contributed by atoms with Gasteiger partial charge in [-0.1, -0.05) is 13.8 Å². The predicted molar refractivity (Wildman–Crippen MR) is 92.8 cm³/mol. The molecule has 1 fully saturated rings. The largest absolute Gasteiger partial charge is 0.312 e. The second-order valence-electron chi connectivity index (χ2n) is 5.76. The Balaban J connectivity index is 1.95. The molecular weight excluding hydrogens is 284 g/mol. The number of rotatable bonds is 6. The molecule has 2 atom stereocenters. The average molecular weight is 313 g/mol. The first kappa shape index (κ1) is 16.3. The summed E-state index contributed by atoms with van der Waals surface area (Å²) in [6, 6.07) is 3.11. The second kappa shape index (κ2) is 7.83. The van der Waals surface area contributed by atoms with Gasteiger partial charge < -0.3 is 5.32 Å². The Morgan fingerprint density at radius 2 is 2.20 bits per heavy atom. The standard InChI is InChI=1S/C16H28N2S2/c1-5-6-17-10-16-9-15(14(4)20-16)11-18-7-8-19-13(3)12(18)2/h9,12-13,17H,5-8,10-11H2,1-4H3. The van der Waals surface area contributed by atoms with E-state index < -0.39 is 0 Å². The SMILES string of the molecule is CCCNCc1cc(CN2CCSC(C)C2C)c(C)s1. The summed E-state index contributed by atoms with van der Waals surface area (Å²) in [5.41, 5.74) is 1.54. The third-order valence-corrected chi connectivity index (χ3v) is 6.62. The van der Waals surface area contributed by atoms with Crippen LogP contribution in [-0.4, -0.2) is 35.0 Å². The Labute approximate surface area is 132 Å². The van der Waals surface area contributed by atoms with Gasteiger partial charge >= 0.3 is 0 Å². The molecule has 20 heavy (non-hydrogen) atoms. The third kappa shape index (κ3) is 4.23. The van der Waals surface area contributed by atoms with Crippen LogP contribution < -0.4 is 5.32 Å². The highest BCUT2D eigenvalue weighted by atomic mass is 32.2. The lowest BCUT2D eigenvalue weighted by Gasteiger charge is -2.37. The minimum atomic E-state index is 0.690. The molecule has 1 aromatic heterocycles. The number of thioether (sulfide) groups is 1. The van der Waals surface area contributed by atoms with Crippen LogP contribution in [0.2, 0.25) is 0 Å². The second-order valence-corrected chi connectivity index (χ2v) is 8.58. The Morgan fingerprint density at radius 3 is 2.95 bits per heavy atom. The van der Waals surface area contributed by atoms with Crippen LogP contribution in [0.15, 0.2) is 6.07 Å². The summed E-state index contributed by atoms with van der Waals surface area (Å²) >= 11 is 4.08. The van der Waals surface area contributed by atoms with E-state index in [9.17, 15) is 0 Å². The van der Waals surface area contributed by atoms with Crippen LogP contribution in [0.4, 0.5) is 0 Å². The molecule has 2 nitrogen and oxygen atoms in total. The van der Waals surface area contributed by atoms with Crippen molar-refractivity contribution in [3.8, 4) is 0 Å². The van der Waals surface area contributed by atoms with Gasteiger partial charge in [-0.15, -0.1) is 11.3 Å². The highest BCUT2D eigenvalue weighted by Crippen LogP contribution is 2.28. The van der Waals surface area contributed by atoms with Gasteiger partial charge in [-0.2, -0.15) is 11.8 Å². The molecule has 4 heteroatoms.